The topological polar surface area (TPSA) is 150 Å². The number of fused-ring (bicyclic) bond motifs is 1. The van der Waals surface area contributed by atoms with Gasteiger partial charge >= 0.3 is 11.8 Å². The highest BCUT2D eigenvalue weighted by molar-refractivity contribution is 7.92. The van der Waals surface area contributed by atoms with Crippen LogP contribution < -0.4 is 21.1 Å². The number of hydrogen-bond acceptors (Lipinski definition) is 6. The molecule has 0 saturated carbocycles. The average Bonchev–Trinajstić information content (AvgIpc) is 3.12. The van der Waals surface area contributed by atoms with E-state index in [1.165, 1.54) is 37.3 Å². The minimum absolute atomic E-state index is 0.105. The maximum Gasteiger partial charge on any atom is 0.417 e. The zero-order valence-corrected chi connectivity index (χ0v) is 15.2. The predicted octanol–water partition coefficient (Wildman–Crippen LogP) is 0.976. The fourth-order valence-corrected chi connectivity index (χ4v) is 4.01. The van der Waals surface area contributed by atoms with Crippen LogP contribution in [0, 0.1) is 0 Å². The van der Waals surface area contributed by atoms with Crippen molar-refractivity contribution in [3.8, 4) is 0 Å². The lowest BCUT2D eigenvalue weighted by atomic mass is 9.92. The zero-order chi connectivity index (χ0) is 20.1. The van der Waals surface area contributed by atoms with Gasteiger partial charge in [-0.05, 0) is 36.8 Å². The van der Waals surface area contributed by atoms with E-state index in [-0.39, 0.29) is 16.2 Å². The molecule has 144 valence electrons. The van der Waals surface area contributed by atoms with Crippen molar-refractivity contribution in [2.45, 2.75) is 17.4 Å². The van der Waals surface area contributed by atoms with Crippen molar-refractivity contribution in [3.63, 3.8) is 0 Å². The third-order valence-corrected chi connectivity index (χ3v) is 5.82. The van der Waals surface area contributed by atoms with Crippen LogP contribution in [0.2, 0.25) is 0 Å². The van der Waals surface area contributed by atoms with Gasteiger partial charge in [0.1, 0.15) is 5.54 Å². The number of H-pyrrole nitrogens is 1. The molecule has 2 heterocycles. The highest BCUT2D eigenvalue weighted by Gasteiger charge is 2.43. The molecule has 28 heavy (non-hydrogen) atoms. The number of aromatic nitrogens is 1. The summed E-state index contributed by atoms with van der Waals surface area (Å²) in [4.78, 5) is 37.1. The fraction of sp³-hybridized carbons (Fsp3) is 0.118. The smallest absolute Gasteiger partial charge is 0.408 e. The molecule has 0 bridgehead atoms. The SMILES string of the molecule is CC1(c2cccc(NS(=O)(=O)c3ccc4[nH]c(=O)oc4c3)c2)NC(=O)NC1=O. The Labute approximate surface area is 158 Å². The molecular formula is C17H14N4O6S. The van der Waals surface area contributed by atoms with Crippen LogP contribution in [0.4, 0.5) is 10.5 Å². The first kappa shape index (κ1) is 17.8. The number of oxazole rings is 1. The van der Waals surface area contributed by atoms with Crippen molar-refractivity contribution < 1.29 is 22.4 Å². The van der Waals surface area contributed by atoms with Crippen LogP contribution in [0.5, 0.6) is 0 Å². The highest BCUT2D eigenvalue weighted by atomic mass is 32.2. The Morgan fingerprint density at radius 1 is 1.07 bits per heavy atom. The van der Waals surface area contributed by atoms with E-state index in [2.05, 4.69) is 20.3 Å². The van der Waals surface area contributed by atoms with Gasteiger partial charge in [-0.1, -0.05) is 12.1 Å². The fourth-order valence-electron chi connectivity index (χ4n) is 2.95. The lowest BCUT2D eigenvalue weighted by Crippen LogP contribution is -2.40. The molecule has 11 heteroatoms. The van der Waals surface area contributed by atoms with Crippen molar-refractivity contribution in [1.82, 2.24) is 15.6 Å². The van der Waals surface area contributed by atoms with Crippen LogP contribution in [0.25, 0.3) is 11.1 Å². The Bertz CT molecular complexity index is 1290. The largest absolute Gasteiger partial charge is 0.417 e. The Morgan fingerprint density at radius 2 is 1.86 bits per heavy atom. The van der Waals surface area contributed by atoms with E-state index >= 15 is 0 Å². The molecule has 3 amide bonds. The Morgan fingerprint density at radius 3 is 2.57 bits per heavy atom. The van der Waals surface area contributed by atoms with Crippen molar-refractivity contribution in [2.75, 3.05) is 4.72 Å². The molecular weight excluding hydrogens is 388 g/mol. The van der Waals surface area contributed by atoms with Gasteiger partial charge in [0.15, 0.2) is 5.58 Å². The van der Waals surface area contributed by atoms with Crippen LogP contribution in [-0.4, -0.2) is 25.3 Å². The molecule has 4 rings (SSSR count). The molecule has 1 unspecified atom stereocenters. The van der Waals surface area contributed by atoms with E-state index in [4.69, 9.17) is 4.42 Å². The van der Waals surface area contributed by atoms with Gasteiger partial charge in [0, 0.05) is 11.8 Å². The summed E-state index contributed by atoms with van der Waals surface area (Å²) in [5, 5.41) is 4.67. The van der Waals surface area contributed by atoms with Crippen LogP contribution >= 0.6 is 0 Å². The second-order valence-corrected chi connectivity index (χ2v) is 8.07. The number of imide groups is 1. The molecule has 0 radical (unpaired) electrons. The Hall–Kier alpha value is -3.60. The summed E-state index contributed by atoms with van der Waals surface area (Å²) in [6.45, 7) is 1.52. The van der Waals surface area contributed by atoms with E-state index in [0.717, 1.165) is 0 Å². The number of rotatable bonds is 4. The molecule has 3 aromatic rings. The highest BCUT2D eigenvalue weighted by Crippen LogP contribution is 2.27. The summed E-state index contributed by atoms with van der Waals surface area (Å²) in [5.74, 6) is -1.22. The van der Waals surface area contributed by atoms with E-state index in [1.807, 2.05) is 0 Å². The number of carbonyl (C=O) groups excluding carboxylic acids is 2. The van der Waals surface area contributed by atoms with Crippen LogP contribution in [0.1, 0.15) is 12.5 Å². The number of urea groups is 1. The lowest BCUT2D eigenvalue weighted by molar-refractivity contribution is -0.123. The first-order valence-electron chi connectivity index (χ1n) is 8.07. The summed E-state index contributed by atoms with van der Waals surface area (Å²) in [6, 6.07) is 9.47. The van der Waals surface area contributed by atoms with Gasteiger partial charge in [-0.15, -0.1) is 0 Å². The molecule has 0 aliphatic carbocycles. The number of carbonyl (C=O) groups is 2. The number of anilines is 1. The molecule has 4 N–H and O–H groups in total. The average molecular weight is 402 g/mol. The summed E-state index contributed by atoms with van der Waals surface area (Å²) >= 11 is 0. The van der Waals surface area contributed by atoms with Gasteiger partial charge in [-0.2, -0.15) is 0 Å². The quantitative estimate of drug-likeness (QED) is 0.478. The predicted molar refractivity (Wildman–Crippen MR) is 98.1 cm³/mol. The molecule has 1 aliphatic rings. The van der Waals surface area contributed by atoms with E-state index in [0.29, 0.717) is 11.1 Å². The normalized spacial score (nSPS) is 19.5. The van der Waals surface area contributed by atoms with Crippen molar-refractivity contribution in [1.29, 1.82) is 0 Å². The van der Waals surface area contributed by atoms with Crippen molar-refractivity contribution in [2.24, 2.45) is 0 Å². The summed E-state index contributed by atoms with van der Waals surface area (Å²) in [6.07, 6.45) is 0. The maximum atomic E-state index is 12.7. The van der Waals surface area contributed by atoms with E-state index in [9.17, 15) is 22.8 Å². The molecule has 1 fully saturated rings. The van der Waals surface area contributed by atoms with Crippen LogP contribution in [-0.2, 0) is 20.4 Å². The third-order valence-electron chi connectivity index (χ3n) is 4.44. The number of hydrogen-bond donors (Lipinski definition) is 4. The maximum absolute atomic E-state index is 12.7. The standard InChI is InChI=1S/C17H14N4O6S/c1-17(14(22)19-15(23)20-17)9-3-2-4-10(7-9)21-28(25,26)11-5-6-12-13(8-11)27-16(24)18-12/h2-8,21H,1H3,(H,18,24)(H2,19,20,22,23). The minimum atomic E-state index is -3.99. The van der Waals surface area contributed by atoms with Gasteiger partial charge in [0.2, 0.25) is 0 Å². The molecule has 1 aromatic heterocycles. The Balaban J connectivity index is 1.67. The van der Waals surface area contributed by atoms with Gasteiger partial charge < -0.3 is 9.73 Å². The van der Waals surface area contributed by atoms with Crippen molar-refractivity contribution >= 4 is 38.7 Å². The molecule has 1 atom stereocenters. The number of sulfonamides is 1. The van der Waals surface area contributed by atoms with E-state index < -0.39 is 33.3 Å². The van der Waals surface area contributed by atoms with E-state index in [1.54, 1.807) is 12.1 Å². The number of aromatic amines is 1. The molecule has 1 saturated heterocycles. The second-order valence-electron chi connectivity index (χ2n) is 6.39. The van der Waals surface area contributed by atoms with Gasteiger partial charge in [0.05, 0.1) is 10.4 Å². The zero-order valence-electron chi connectivity index (χ0n) is 14.4. The molecule has 1 aliphatic heterocycles. The minimum Gasteiger partial charge on any atom is -0.408 e. The lowest BCUT2D eigenvalue weighted by Gasteiger charge is -2.21. The molecule has 0 spiro atoms. The molecule has 10 nitrogen and oxygen atoms in total. The summed E-state index contributed by atoms with van der Waals surface area (Å²) < 4.78 is 32.7. The number of benzene rings is 2. The number of nitrogens with one attached hydrogen (secondary N) is 4. The third kappa shape index (κ3) is 2.91. The number of amides is 3. The second kappa shape index (κ2) is 5.96. The summed E-state index contributed by atoms with van der Waals surface area (Å²) in [5.41, 5.74) is -0.223. The monoisotopic (exact) mass is 402 g/mol. The van der Waals surface area contributed by atoms with Crippen LogP contribution in [0.3, 0.4) is 0 Å². The van der Waals surface area contributed by atoms with Gasteiger partial charge in [0.25, 0.3) is 15.9 Å². The van der Waals surface area contributed by atoms with Gasteiger partial charge in [-0.3, -0.25) is 19.8 Å². The van der Waals surface area contributed by atoms with Crippen molar-refractivity contribution in [3.05, 3.63) is 58.6 Å². The first-order valence-corrected chi connectivity index (χ1v) is 9.55. The summed E-state index contributed by atoms with van der Waals surface area (Å²) in [7, 11) is -3.99. The van der Waals surface area contributed by atoms with Crippen LogP contribution in [0.15, 0.2) is 56.6 Å². The molecule has 2 aromatic carbocycles. The Kier molecular flexibility index (Phi) is 3.79. The van der Waals surface area contributed by atoms with Gasteiger partial charge in [-0.25, -0.2) is 18.0 Å². The first-order chi connectivity index (χ1) is 13.2.